The van der Waals surface area contributed by atoms with Crippen molar-refractivity contribution in [2.75, 3.05) is 6.61 Å². The fourth-order valence-corrected chi connectivity index (χ4v) is 1.32. The molecule has 0 aliphatic carbocycles. The van der Waals surface area contributed by atoms with Crippen molar-refractivity contribution < 1.29 is 43.3 Å². The first-order valence-corrected chi connectivity index (χ1v) is 6.50. The maximum atomic E-state index is 10.9. The van der Waals surface area contributed by atoms with Gasteiger partial charge in [-0.15, -0.1) is 0 Å². The van der Waals surface area contributed by atoms with Gasteiger partial charge in [-0.25, -0.2) is 4.79 Å². The van der Waals surface area contributed by atoms with Crippen LogP contribution in [0, 0.1) is 0 Å². The van der Waals surface area contributed by atoms with Gasteiger partial charge in [-0.2, -0.15) is 4.21 Å². The first-order chi connectivity index (χ1) is 7.60. The summed E-state index contributed by atoms with van der Waals surface area (Å²) in [7, 11) is -4.33. The Labute approximate surface area is 101 Å². The quantitative estimate of drug-likeness (QED) is 0.285. The minimum atomic E-state index is -4.33. The van der Waals surface area contributed by atoms with E-state index in [0.29, 0.717) is 0 Å². The normalized spacial score (nSPS) is 22.0. The second-order valence-electron chi connectivity index (χ2n) is 3.01. The summed E-state index contributed by atoms with van der Waals surface area (Å²) in [5.74, 6) is -1.75. The van der Waals surface area contributed by atoms with Crippen LogP contribution in [-0.2, 0) is 29.2 Å². The molecule has 6 N–H and O–H groups in total. The van der Waals surface area contributed by atoms with Crippen LogP contribution in [0.15, 0.2) is 0 Å². The van der Waals surface area contributed by atoms with Gasteiger partial charge in [-0.1, -0.05) is 0 Å². The zero-order valence-corrected chi connectivity index (χ0v) is 9.87. The highest BCUT2D eigenvalue weighted by molar-refractivity contribution is 8.27. The summed E-state index contributed by atoms with van der Waals surface area (Å²) in [5.41, 5.74) is 0. The van der Waals surface area contributed by atoms with Crippen LogP contribution < -0.4 is 0 Å². The molecule has 1 unspecified atom stereocenters. The van der Waals surface area contributed by atoms with Crippen molar-refractivity contribution in [2.45, 2.75) is 24.4 Å². The molecule has 0 aromatic heterocycles. The lowest BCUT2D eigenvalue weighted by Crippen LogP contribution is -2.49. The molecular weight excluding hydrogens is 280 g/mol. The molecule has 0 aromatic carbocycles. The van der Waals surface area contributed by atoms with Crippen LogP contribution in [0.25, 0.3) is 0 Å². The molecule has 9 nitrogen and oxygen atoms in total. The van der Waals surface area contributed by atoms with E-state index >= 15 is 0 Å². The van der Waals surface area contributed by atoms with Gasteiger partial charge in [0, 0.05) is 0 Å². The molecule has 0 fully saturated rings. The fraction of sp³-hybridized carbons (Fsp3) is 0.833. The largest absolute Gasteiger partial charge is 0.394 e. The lowest BCUT2D eigenvalue weighted by atomic mass is 10.0. The van der Waals surface area contributed by atoms with Crippen LogP contribution in [0.1, 0.15) is 0 Å². The topological polar surface area (TPSA) is 165 Å². The zero-order valence-electron chi connectivity index (χ0n) is 8.24. The fourth-order valence-electron chi connectivity index (χ4n) is 0.815. The summed E-state index contributed by atoms with van der Waals surface area (Å²) < 4.78 is 22.6. The van der Waals surface area contributed by atoms with Gasteiger partial charge in [0.2, 0.25) is 0 Å². The summed E-state index contributed by atoms with van der Waals surface area (Å²) in [6.07, 6.45) is -8.49. The molecule has 0 aliphatic heterocycles. The summed E-state index contributed by atoms with van der Waals surface area (Å²) in [6, 6.07) is 0. The molecule has 0 aromatic rings. The lowest BCUT2D eigenvalue weighted by Gasteiger charge is -2.24. The first kappa shape index (κ1) is 16.6. The summed E-state index contributed by atoms with van der Waals surface area (Å²) in [6.45, 7) is -0.933. The summed E-state index contributed by atoms with van der Waals surface area (Å²) in [4.78, 5) is 10.9. The standard InChI is InChI=1S/C6H12O9S2/c7-1-2(8)3(9)4(10)5(11)6(12)15-17(13,14)16/h2-5,7-11H,1H2,(H,13,14,16)/t2-,3-,4+,5-/m1/s1. The van der Waals surface area contributed by atoms with Crippen molar-refractivity contribution >= 4 is 26.2 Å². The van der Waals surface area contributed by atoms with Crippen LogP contribution in [0.4, 0.5) is 0 Å². The Balaban J connectivity index is 4.59. The van der Waals surface area contributed by atoms with E-state index in [-0.39, 0.29) is 0 Å². The number of carbonyl (C=O) groups is 1. The minimum absolute atomic E-state index is 0.933. The van der Waals surface area contributed by atoms with Gasteiger partial charge in [0.15, 0.2) is 6.10 Å². The maximum absolute atomic E-state index is 10.9. The molecule has 0 radical (unpaired) electrons. The van der Waals surface area contributed by atoms with Crippen LogP contribution in [0.3, 0.4) is 0 Å². The summed E-state index contributed by atoms with van der Waals surface area (Å²) >= 11 is 3.80. The number of hydrogen-bond acceptors (Lipinski definition) is 9. The second-order valence-corrected chi connectivity index (χ2v) is 5.29. The van der Waals surface area contributed by atoms with Gasteiger partial charge < -0.3 is 29.7 Å². The van der Waals surface area contributed by atoms with Crippen LogP contribution in [0.5, 0.6) is 0 Å². The number of aliphatic hydroxyl groups is 5. The van der Waals surface area contributed by atoms with Gasteiger partial charge in [-0.3, -0.25) is 4.55 Å². The third-order valence-electron chi connectivity index (χ3n) is 1.68. The van der Waals surface area contributed by atoms with Crippen molar-refractivity contribution in [1.29, 1.82) is 0 Å². The molecule has 0 aliphatic rings. The molecule has 102 valence electrons. The van der Waals surface area contributed by atoms with Gasteiger partial charge in [-0.05, 0) is 0 Å². The monoisotopic (exact) mass is 292 g/mol. The first-order valence-electron chi connectivity index (χ1n) is 4.14. The van der Waals surface area contributed by atoms with Crippen molar-refractivity contribution in [3.05, 3.63) is 0 Å². The Kier molecular flexibility index (Phi) is 6.36. The molecular formula is C6H12O9S2. The third-order valence-corrected chi connectivity index (χ3v) is 2.26. The molecule has 0 bridgehead atoms. The molecule has 0 saturated carbocycles. The Hall–Kier alpha value is -0.400. The predicted octanol–water partition coefficient (Wildman–Crippen LogP) is -3.90. The predicted molar refractivity (Wildman–Crippen MR) is 55.3 cm³/mol. The molecule has 0 heterocycles. The number of hydrogen-bond donors (Lipinski definition) is 6. The van der Waals surface area contributed by atoms with Crippen molar-refractivity contribution in [3.8, 4) is 0 Å². The third kappa shape index (κ3) is 5.65. The van der Waals surface area contributed by atoms with E-state index in [2.05, 4.69) is 15.4 Å². The van der Waals surface area contributed by atoms with E-state index in [1.165, 1.54) is 0 Å². The van der Waals surface area contributed by atoms with E-state index in [9.17, 15) is 14.1 Å². The minimum Gasteiger partial charge on any atom is -0.394 e. The van der Waals surface area contributed by atoms with Crippen LogP contribution in [-0.4, -0.2) is 71.3 Å². The SMILES string of the molecule is O=C(OS(=O)(O)=S)[C@H](O)[C@@H](O)[C@H](O)[C@H](O)CO. The van der Waals surface area contributed by atoms with Crippen LogP contribution >= 0.6 is 0 Å². The smallest absolute Gasteiger partial charge is 0.353 e. The molecule has 0 saturated heterocycles. The lowest BCUT2D eigenvalue weighted by molar-refractivity contribution is -0.161. The molecule has 0 rings (SSSR count). The van der Waals surface area contributed by atoms with Gasteiger partial charge in [0.25, 0.3) is 0 Å². The van der Waals surface area contributed by atoms with E-state index in [4.69, 9.17) is 25.0 Å². The molecule has 5 atom stereocenters. The molecule has 0 amide bonds. The Morgan fingerprint density at radius 2 is 1.71 bits per heavy atom. The Morgan fingerprint density at radius 3 is 2.06 bits per heavy atom. The van der Waals surface area contributed by atoms with E-state index in [0.717, 1.165) is 0 Å². The highest BCUT2D eigenvalue weighted by atomic mass is 32.9. The van der Waals surface area contributed by atoms with Gasteiger partial charge in [0.1, 0.15) is 18.3 Å². The van der Waals surface area contributed by atoms with Crippen molar-refractivity contribution in [3.63, 3.8) is 0 Å². The number of aliphatic hydroxyl groups excluding tert-OH is 5. The van der Waals surface area contributed by atoms with Crippen molar-refractivity contribution in [1.82, 2.24) is 0 Å². The Morgan fingerprint density at radius 1 is 1.24 bits per heavy atom. The van der Waals surface area contributed by atoms with Gasteiger partial charge in [0.05, 0.1) is 17.8 Å². The average molecular weight is 292 g/mol. The summed E-state index contributed by atoms with van der Waals surface area (Å²) in [5, 5.41) is 44.7. The molecule has 17 heavy (non-hydrogen) atoms. The molecule has 11 heteroatoms. The molecule has 0 spiro atoms. The van der Waals surface area contributed by atoms with Crippen molar-refractivity contribution in [2.24, 2.45) is 0 Å². The zero-order chi connectivity index (χ0) is 13.8. The second kappa shape index (κ2) is 6.51. The van der Waals surface area contributed by atoms with E-state index < -0.39 is 46.0 Å². The van der Waals surface area contributed by atoms with Crippen LogP contribution in [0.2, 0.25) is 0 Å². The van der Waals surface area contributed by atoms with E-state index in [1.807, 2.05) is 0 Å². The van der Waals surface area contributed by atoms with E-state index in [1.54, 1.807) is 0 Å². The maximum Gasteiger partial charge on any atom is 0.353 e. The Bertz CT molecular complexity index is 352. The number of carbonyl (C=O) groups excluding carboxylic acids is 1. The highest BCUT2D eigenvalue weighted by Gasteiger charge is 2.36. The highest BCUT2D eigenvalue weighted by Crippen LogP contribution is 2.07. The average Bonchev–Trinajstić information content (AvgIpc) is 2.22. The number of rotatable bonds is 6. The van der Waals surface area contributed by atoms with Gasteiger partial charge >= 0.3 is 15.0 Å².